The second-order valence-electron chi connectivity index (χ2n) is 2.50. The van der Waals surface area contributed by atoms with Crippen LogP contribution in [0, 0.1) is 3.57 Å². The van der Waals surface area contributed by atoms with Crippen LogP contribution in [0.1, 0.15) is 0 Å². The van der Waals surface area contributed by atoms with Crippen molar-refractivity contribution in [3.8, 4) is 0 Å². The van der Waals surface area contributed by atoms with Crippen molar-refractivity contribution in [2.75, 3.05) is 0 Å². The number of aromatic nitrogens is 2. The molecule has 0 amide bonds. The Kier molecular flexibility index (Phi) is 1.95. The van der Waals surface area contributed by atoms with E-state index in [2.05, 4.69) is 27.6 Å². The van der Waals surface area contributed by atoms with Gasteiger partial charge in [0.2, 0.25) is 0 Å². The van der Waals surface area contributed by atoms with E-state index in [1.54, 1.807) is 24.5 Å². The average molecular weight is 288 g/mol. The summed E-state index contributed by atoms with van der Waals surface area (Å²) in [6.07, 6.45) is 2.22. The molecule has 4 nitrogen and oxygen atoms in total. The van der Waals surface area contributed by atoms with Gasteiger partial charge in [0.1, 0.15) is 5.52 Å². The minimum Gasteiger partial charge on any atom is -0.464 e. The zero-order valence-electron chi connectivity index (χ0n) is 6.44. The summed E-state index contributed by atoms with van der Waals surface area (Å²) in [4.78, 5) is 14.9. The molecular formula is C8H5IN2O2. The number of hydrogen-bond donors (Lipinski definition) is 1. The summed E-state index contributed by atoms with van der Waals surface area (Å²) in [6, 6.07) is 3.45. The summed E-state index contributed by atoms with van der Waals surface area (Å²) in [7, 11) is 0. The second-order valence-corrected chi connectivity index (χ2v) is 3.66. The van der Waals surface area contributed by atoms with Crippen molar-refractivity contribution in [3.63, 3.8) is 0 Å². The number of carboxylic acid groups (broad SMARTS) is 1. The molecule has 0 unspecified atom stereocenters. The van der Waals surface area contributed by atoms with Gasteiger partial charge in [0, 0.05) is 12.4 Å². The van der Waals surface area contributed by atoms with E-state index in [-0.39, 0.29) is 0 Å². The van der Waals surface area contributed by atoms with Crippen LogP contribution < -0.4 is 0 Å². The molecular weight excluding hydrogens is 283 g/mol. The first-order valence-electron chi connectivity index (χ1n) is 3.55. The van der Waals surface area contributed by atoms with Crippen LogP contribution in [0.3, 0.4) is 0 Å². The predicted octanol–water partition coefficient (Wildman–Crippen LogP) is 2.17. The van der Waals surface area contributed by atoms with Crippen LogP contribution in [-0.2, 0) is 0 Å². The predicted molar refractivity (Wildman–Crippen MR) is 55.9 cm³/mol. The van der Waals surface area contributed by atoms with E-state index in [0.717, 1.165) is 9.09 Å². The summed E-state index contributed by atoms with van der Waals surface area (Å²) >= 11 is 2.07. The van der Waals surface area contributed by atoms with Crippen molar-refractivity contribution in [2.45, 2.75) is 0 Å². The van der Waals surface area contributed by atoms with Gasteiger partial charge in [-0.25, -0.2) is 9.36 Å². The summed E-state index contributed by atoms with van der Waals surface area (Å²) < 4.78 is 2.01. The van der Waals surface area contributed by atoms with Crippen molar-refractivity contribution in [1.82, 2.24) is 9.55 Å². The van der Waals surface area contributed by atoms with Gasteiger partial charge in [0.25, 0.3) is 0 Å². The third kappa shape index (κ3) is 1.28. The molecule has 0 aromatic carbocycles. The lowest BCUT2D eigenvalue weighted by Crippen LogP contribution is -2.05. The first-order valence-corrected chi connectivity index (χ1v) is 4.63. The van der Waals surface area contributed by atoms with E-state index in [1.165, 1.54) is 4.57 Å². The zero-order chi connectivity index (χ0) is 9.42. The molecule has 0 spiro atoms. The Morgan fingerprint density at radius 3 is 3.08 bits per heavy atom. The highest BCUT2D eigenvalue weighted by Crippen LogP contribution is 2.19. The highest BCUT2D eigenvalue weighted by molar-refractivity contribution is 14.1. The van der Waals surface area contributed by atoms with Crippen LogP contribution in [0.4, 0.5) is 4.79 Å². The molecule has 0 bridgehead atoms. The maximum atomic E-state index is 10.8. The van der Waals surface area contributed by atoms with Gasteiger partial charge in [-0.2, -0.15) is 0 Å². The van der Waals surface area contributed by atoms with Gasteiger partial charge in [-0.05, 0) is 34.7 Å². The van der Waals surface area contributed by atoms with Crippen LogP contribution in [0.5, 0.6) is 0 Å². The number of nitrogens with zero attached hydrogens (tertiary/aromatic N) is 2. The Labute approximate surface area is 87.3 Å². The monoisotopic (exact) mass is 288 g/mol. The van der Waals surface area contributed by atoms with Crippen molar-refractivity contribution in [1.29, 1.82) is 0 Å². The first-order chi connectivity index (χ1) is 6.20. The number of hydrogen-bond acceptors (Lipinski definition) is 2. The molecule has 2 aromatic heterocycles. The van der Waals surface area contributed by atoms with Crippen molar-refractivity contribution in [3.05, 3.63) is 28.1 Å². The molecule has 2 aromatic rings. The maximum Gasteiger partial charge on any atom is 0.416 e. The lowest BCUT2D eigenvalue weighted by Gasteiger charge is -1.94. The lowest BCUT2D eigenvalue weighted by molar-refractivity contribution is 0.197. The molecule has 0 aliphatic rings. The Bertz CT molecular complexity index is 478. The summed E-state index contributed by atoms with van der Waals surface area (Å²) in [6.45, 7) is 0. The highest BCUT2D eigenvalue weighted by atomic mass is 127. The van der Waals surface area contributed by atoms with E-state index in [9.17, 15) is 4.79 Å². The molecule has 0 radical (unpaired) electrons. The Balaban J connectivity index is 2.85. The van der Waals surface area contributed by atoms with E-state index < -0.39 is 6.09 Å². The molecule has 0 atom stereocenters. The Morgan fingerprint density at radius 1 is 1.62 bits per heavy atom. The second kappa shape index (κ2) is 2.99. The van der Waals surface area contributed by atoms with Gasteiger partial charge in [-0.3, -0.25) is 4.98 Å². The summed E-state index contributed by atoms with van der Waals surface area (Å²) in [5, 5.41) is 8.83. The fourth-order valence-electron chi connectivity index (χ4n) is 1.18. The van der Waals surface area contributed by atoms with E-state index in [0.29, 0.717) is 5.52 Å². The van der Waals surface area contributed by atoms with E-state index in [4.69, 9.17) is 5.11 Å². The van der Waals surface area contributed by atoms with Gasteiger partial charge in [-0.1, -0.05) is 0 Å². The van der Waals surface area contributed by atoms with E-state index >= 15 is 0 Å². The number of rotatable bonds is 0. The average Bonchev–Trinajstić information content (AvgIpc) is 2.45. The quantitative estimate of drug-likeness (QED) is 0.756. The smallest absolute Gasteiger partial charge is 0.416 e. The molecule has 0 fully saturated rings. The standard InChI is InChI=1S/C8H5IN2O2/c9-5-4-11(8(12)13)6-2-1-3-10-7(5)6/h1-4H,(H,12,13). The SMILES string of the molecule is O=C(O)n1cc(I)c2ncccc21. The van der Waals surface area contributed by atoms with Gasteiger partial charge in [-0.15, -0.1) is 0 Å². The third-order valence-corrected chi connectivity index (χ3v) is 2.51. The summed E-state index contributed by atoms with van der Waals surface area (Å²) in [5.74, 6) is 0. The van der Waals surface area contributed by atoms with Gasteiger partial charge in [0.05, 0.1) is 9.09 Å². The van der Waals surface area contributed by atoms with Gasteiger partial charge in [0.15, 0.2) is 0 Å². The Hall–Kier alpha value is -1.11. The van der Waals surface area contributed by atoms with Crippen LogP contribution in [0.2, 0.25) is 0 Å². The zero-order valence-corrected chi connectivity index (χ0v) is 8.59. The molecule has 0 saturated carbocycles. The first kappa shape index (κ1) is 8.49. The third-order valence-electron chi connectivity index (χ3n) is 1.72. The van der Waals surface area contributed by atoms with Crippen molar-refractivity contribution >= 4 is 39.7 Å². The maximum absolute atomic E-state index is 10.8. The number of carbonyl (C=O) groups is 1. The number of pyridine rings is 1. The molecule has 2 heterocycles. The fourth-order valence-corrected chi connectivity index (χ4v) is 1.87. The molecule has 0 aliphatic heterocycles. The lowest BCUT2D eigenvalue weighted by atomic mass is 10.4. The minimum atomic E-state index is -0.985. The van der Waals surface area contributed by atoms with Crippen molar-refractivity contribution in [2.24, 2.45) is 0 Å². The molecule has 2 rings (SSSR count). The van der Waals surface area contributed by atoms with Crippen LogP contribution in [-0.4, -0.2) is 20.8 Å². The largest absolute Gasteiger partial charge is 0.464 e. The molecule has 0 aliphatic carbocycles. The van der Waals surface area contributed by atoms with Gasteiger partial charge >= 0.3 is 6.09 Å². The highest BCUT2D eigenvalue weighted by Gasteiger charge is 2.10. The minimum absolute atomic E-state index is 0.624. The van der Waals surface area contributed by atoms with Crippen LogP contribution in [0.25, 0.3) is 11.0 Å². The molecule has 66 valence electrons. The van der Waals surface area contributed by atoms with Gasteiger partial charge < -0.3 is 5.11 Å². The summed E-state index contributed by atoms with van der Waals surface area (Å²) in [5.41, 5.74) is 1.35. The molecule has 0 saturated heterocycles. The number of halogens is 1. The Morgan fingerprint density at radius 2 is 2.38 bits per heavy atom. The van der Waals surface area contributed by atoms with Crippen LogP contribution in [0.15, 0.2) is 24.5 Å². The molecule has 5 heteroatoms. The topological polar surface area (TPSA) is 55.1 Å². The van der Waals surface area contributed by atoms with Crippen LogP contribution >= 0.6 is 22.6 Å². The van der Waals surface area contributed by atoms with Crippen molar-refractivity contribution < 1.29 is 9.90 Å². The molecule has 13 heavy (non-hydrogen) atoms. The normalized spacial score (nSPS) is 10.5. The molecule has 1 N–H and O–H groups in total. The fraction of sp³-hybridized carbons (Fsp3) is 0. The number of fused-ring (bicyclic) bond motifs is 1. The van der Waals surface area contributed by atoms with E-state index in [1.807, 2.05) is 0 Å².